The summed E-state index contributed by atoms with van der Waals surface area (Å²) < 4.78 is 16.3. The molecule has 4 heteroatoms. The Bertz CT molecular complexity index is 383. The third-order valence-corrected chi connectivity index (χ3v) is 3.49. The Kier molecular flexibility index (Phi) is 5.79. The number of benzene rings is 1. The molecule has 2 atom stereocenters. The first-order chi connectivity index (χ1) is 9.36. The molecule has 1 aliphatic rings. The predicted molar refractivity (Wildman–Crippen MR) is 74.4 cm³/mol. The summed E-state index contributed by atoms with van der Waals surface area (Å²) in [6.07, 6.45) is 1.17. The third kappa shape index (κ3) is 3.76. The second-order valence-electron chi connectivity index (χ2n) is 4.68. The molecule has 106 valence electrons. The molecule has 0 aromatic heterocycles. The molecule has 0 radical (unpaired) electrons. The number of nitrogens with one attached hydrogen (secondary N) is 1. The van der Waals surface area contributed by atoms with Crippen molar-refractivity contribution < 1.29 is 14.2 Å². The van der Waals surface area contributed by atoms with Crippen molar-refractivity contribution in [3.63, 3.8) is 0 Å². The van der Waals surface area contributed by atoms with Gasteiger partial charge in [0.2, 0.25) is 0 Å². The van der Waals surface area contributed by atoms with Crippen LogP contribution in [0.15, 0.2) is 24.3 Å². The SMILES string of the molecule is CNC1c2ccccc2CC1OCCOCCOC. The number of ether oxygens (including phenoxy) is 3. The topological polar surface area (TPSA) is 39.7 Å². The highest BCUT2D eigenvalue weighted by Crippen LogP contribution is 2.32. The van der Waals surface area contributed by atoms with Crippen LogP contribution >= 0.6 is 0 Å². The number of hydrogen-bond donors (Lipinski definition) is 1. The number of likely N-dealkylation sites (N-methyl/N-ethyl adjacent to an activating group) is 1. The first-order valence-corrected chi connectivity index (χ1v) is 6.80. The van der Waals surface area contributed by atoms with Gasteiger partial charge >= 0.3 is 0 Å². The number of fused-ring (bicyclic) bond motifs is 1. The van der Waals surface area contributed by atoms with Crippen LogP contribution in [0.1, 0.15) is 17.2 Å². The summed E-state index contributed by atoms with van der Waals surface area (Å²) in [6.45, 7) is 2.50. The van der Waals surface area contributed by atoms with Gasteiger partial charge < -0.3 is 19.5 Å². The van der Waals surface area contributed by atoms with Crippen LogP contribution < -0.4 is 5.32 Å². The molecule has 2 rings (SSSR count). The number of rotatable bonds is 8. The minimum absolute atomic E-state index is 0.202. The molecule has 1 N–H and O–H groups in total. The monoisotopic (exact) mass is 265 g/mol. The molecule has 19 heavy (non-hydrogen) atoms. The fourth-order valence-electron chi connectivity index (χ4n) is 2.56. The maximum atomic E-state index is 5.94. The Labute approximate surface area is 115 Å². The molecule has 2 unspecified atom stereocenters. The summed E-state index contributed by atoms with van der Waals surface area (Å²) in [5.74, 6) is 0. The minimum atomic E-state index is 0.202. The molecule has 0 heterocycles. The second kappa shape index (κ2) is 7.60. The van der Waals surface area contributed by atoms with E-state index in [1.807, 2.05) is 7.05 Å². The van der Waals surface area contributed by atoms with E-state index in [4.69, 9.17) is 14.2 Å². The predicted octanol–water partition coefficient (Wildman–Crippen LogP) is 1.55. The second-order valence-corrected chi connectivity index (χ2v) is 4.68. The van der Waals surface area contributed by atoms with Gasteiger partial charge in [0.25, 0.3) is 0 Å². The zero-order chi connectivity index (χ0) is 13.5. The summed E-state index contributed by atoms with van der Waals surface area (Å²) in [7, 11) is 3.66. The van der Waals surface area contributed by atoms with Crippen LogP contribution in [0.3, 0.4) is 0 Å². The van der Waals surface area contributed by atoms with Gasteiger partial charge in [-0.1, -0.05) is 24.3 Å². The van der Waals surface area contributed by atoms with Crippen LogP contribution in [0, 0.1) is 0 Å². The largest absolute Gasteiger partial charge is 0.382 e. The summed E-state index contributed by atoms with van der Waals surface area (Å²) in [4.78, 5) is 0. The zero-order valence-electron chi connectivity index (χ0n) is 11.7. The van der Waals surface area contributed by atoms with Gasteiger partial charge in [-0.3, -0.25) is 0 Å². The van der Waals surface area contributed by atoms with Crippen molar-refractivity contribution in [1.82, 2.24) is 5.32 Å². The first kappa shape index (κ1) is 14.5. The van der Waals surface area contributed by atoms with E-state index in [0.717, 1.165) is 6.42 Å². The Morgan fingerprint density at radius 1 is 1.16 bits per heavy atom. The highest BCUT2D eigenvalue weighted by molar-refractivity contribution is 5.36. The lowest BCUT2D eigenvalue weighted by Gasteiger charge is -2.20. The Morgan fingerprint density at radius 2 is 1.95 bits per heavy atom. The molecule has 0 amide bonds. The molecule has 1 aromatic rings. The molecule has 0 aliphatic heterocycles. The molecule has 0 bridgehead atoms. The molecule has 1 aliphatic carbocycles. The lowest BCUT2D eigenvalue weighted by molar-refractivity contribution is -0.0142. The summed E-state index contributed by atoms with van der Waals surface area (Å²) in [5, 5.41) is 3.35. The zero-order valence-corrected chi connectivity index (χ0v) is 11.7. The van der Waals surface area contributed by atoms with E-state index in [9.17, 15) is 0 Å². The smallest absolute Gasteiger partial charge is 0.0811 e. The molecule has 0 saturated heterocycles. The fourth-order valence-corrected chi connectivity index (χ4v) is 2.56. The molecule has 0 fully saturated rings. The standard InChI is InChI=1S/C15H23NO3/c1-16-15-13-6-4-3-5-12(13)11-14(15)19-10-9-18-8-7-17-2/h3-6,14-16H,7-11H2,1-2H3. The van der Waals surface area contributed by atoms with Crippen molar-refractivity contribution in [3.8, 4) is 0 Å². The van der Waals surface area contributed by atoms with Crippen molar-refractivity contribution >= 4 is 0 Å². The van der Waals surface area contributed by atoms with Gasteiger partial charge in [-0.15, -0.1) is 0 Å². The average molecular weight is 265 g/mol. The van der Waals surface area contributed by atoms with Crippen molar-refractivity contribution in [2.75, 3.05) is 40.6 Å². The molecule has 0 saturated carbocycles. The number of hydrogen-bond acceptors (Lipinski definition) is 4. The molecule has 0 spiro atoms. The highest BCUT2D eigenvalue weighted by atomic mass is 16.5. The van der Waals surface area contributed by atoms with Gasteiger partial charge in [0.15, 0.2) is 0 Å². The Balaban J connectivity index is 1.76. The van der Waals surface area contributed by atoms with Gasteiger partial charge in [-0.2, -0.15) is 0 Å². The van der Waals surface area contributed by atoms with Gasteiger partial charge in [0.1, 0.15) is 0 Å². The molecule has 4 nitrogen and oxygen atoms in total. The van der Waals surface area contributed by atoms with Crippen LogP contribution in [0.2, 0.25) is 0 Å². The lowest BCUT2D eigenvalue weighted by Crippen LogP contribution is -2.29. The Morgan fingerprint density at radius 3 is 2.74 bits per heavy atom. The van der Waals surface area contributed by atoms with Gasteiger partial charge in [0, 0.05) is 13.5 Å². The quantitative estimate of drug-likeness (QED) is 0.724. The van der Waals surface area contributed by atoms with Gasteiger partial charge in [0.05, 0.1) is 38.6 Å². The van der Waals surface area contributed by atoms with Crippen molar-refractivity contribution in [2.24, 2.45) is 0 Å². The van der Waals surface area contributed by atoms with E-state index in [-0.39, 0.29) is 12.1 Å². The van der Waals surface area contributed by atoms with Crippen LogP contribution in [0.5, 0.6) is 0 Å². The fraction of sp³-hybridized carbons (Fsp3) is 0.600. The van der Waals surface area contributed by atoms with Gasteiger partial charge in [-0.05, 0) is 18.2 Å². The van der Waals surface area contributed by atoms with Gasteiger partial charge in [-0.25, -0.2) is 0 Å². The molecular formula is C15H23NO3. The minimum Gasteiger partial charge on any atom is -0.382 e. The van der Waals surface area contributed by atoms with Crippen molar-refractivity contribution in [1.29, 1.82) is 0 Å². The van der Waals surface area contributed by atoms with E-state index in [0.29, 0.717) is 26.4 Å². The highest BCUT2D eigenvalue weighted by Gasteiger charge is 2.31. The average Bonchev–Trinajstić information content (AvgIpc) is 2.80. The van der Waals surface area contributed by atoms with Crippen LogP contribution in [-0.2, 0) is 20.6 Å². The maximum Gasteiger partial charge on any atom is 0.0811 e. The normalized spacial score (nSPS) is 21.6. The maximum absolute atomic E-state index is 5.94. The van der Waals surface area contributed by atoms with Crippen LogP contribution in [-0.4, -0.2) is 46.7 Å². The number of methoxy groups -OCH3 is 1. The Hall–Kier alpha value is -0.940. The van der Waals surface area contributed by atoms with E-state index in [1.54, 1.807) is 7.11 Å². The summed E-state index contributed by atoms with van der Waals surface area (Å²) in [6, 6.07) is 8.81. The lowest BCUT2D eigenvalue weighted by atomic mass is 10.1. The molecular weight excluding hydrogens is 242 g/mol. The van der Waals surface area contributed by atoms with Crippen molar-refractivity contribution in [3.05, 3.63) is 35.4 Å². The molecule has 1 aromatic carbocycles. The van der Waals surface area contributed by atoms with E-state index in [2.05, 4.69) is 29.6 Å². The first-order valence-electron chi connectivity index (χ1n) is 6.80. The third-order valence-electron chi connectivity index (χ3n) is 3.49. The van der Waals surface area contributed by atoms with E-state index < -0.39 is 0 Å². The van der Waals surface area contributed by atoms with Crippen LogP contribution in [0.4, 0.5) is 0 Å². The van der Waals surface area contributed by atoms with E-state index in [1.165, 1.54) is 11.1 Å². The summed E-state index contributed by atoms with van der Waals surface area (Å²) in [5.41, 5.74) is 2.74. The van der Waals surface area contributed by atoms with Crippen LogP contribution in [0.25, 0.3) is 0 Å². The summed E-state index contributed by atoms with van der Waals surface area (Å²) >= 11 is 0. The van der Waals surface area contributed by atoms with E-state index >= 15 is 0 Å². The van der Waals surface area contributed by atoms with Crippen molar-refractivity contribution in [2.45, 2.75) is 18.6 Å².